The first-order valence-corrected chi connectivity index (χ1v) is 9.65. The van der Waals surface area contributed by atoms with E-state index in [1.807, 2.05) is 0 Å². The van der Waals surface area contributed by atoms with Crippen LogP contribution in [0.25, 0.3) is 0 Å². The molecule has 1 amide bonds. The highest BCUT2D eigenvalue weighted by Gasteiger charge is 2.32. The fourth-order valence-electron chi connectivity index (χ4n) is 2.85. The van der Waals surface area contributed by atoms with Crippen LogP contribution in [0.1, 0.15) is 12.0 Å². The normalized spacial score (nSPS) is 18.8. The van der Waals surface area contributed by atoms with Crippen molar-refractivity contribution >= 4 is 40.5 Å². The molecule has 1 aromatic heterocycles. The van der Waals surface area contributed by atoms with E-state index >= 15 is 0 Å². The van der Waals surface area contributed by atoms with Gasteiger partial charge in [0, 0.05) is 19.2 Å². The summed E-state index contributed by atoms with van der Waals surface area (Å²) in [6.07, 6.45) is 1.71. The van der Waals surface area contributed by atoms with Gasteiger partial charge >= 0.3 is 0 Å². The monoisotopic (exact) mass is 374 g/mol. The molecule has 0 radical (unpaired) electrons. The Balaban J connectivity index is 2.11. The predicted molar refractivity (Wildman–Crippen MR) is 108 cm³/mol. The van der Waals surface area contributed by atoms with Crippen molar-refractivity contribution < 1.29 is 4.79 Å². The average molecular weight is 375 g/mol. The SMILES string of the molecule is C=C1CCN(C)SC2=C1C(=C)N(c1sccc1C)C(CN(C)C=O)=N2. The second-order valence-electron chi connectivity index (χ2n) is 6.22. The van der Waals surface area contributed by atoms with Gasteiger partial charge in [-0.15, -0.1) is 11.3 Å². The minimum absolute atomic E-state index is 0.424. The number of carbonyl (C=O) groups is 1. The highest BCUT2D eigenvalue weighted by atomic mass is 32.2. The number of likely N-dealkylation sites (N-methyl/N-ethyl adjacent to an activating group) is 1. The average Bonchev–Trinajstić information content (AvgIpc) is 2.91. The number of nitrogens with zero attached hydrogens (tertiary/aromatic N) is 4. The summed E-state index contributed by atoms with van der Waals surface area (Å²) in [6.45, 7) is 12.1. The van der Waals surface area contributed by atoms with Crippen LogP contribution in [0.3, 0.4) is 0 Å². The first-order chi connectivity index (χ1) is 11.9. The Morgan fingerprint density at radius 1 is 1.44 bits per heavy atom. The number of carbonyl (C=O) groups excluding carboxylic acids is 1. The van der Waals surface area contributed by atoms with Gasteiger partial charge in [-0.2, -0.15) is 0 Å². The summed E-state index contributed by atoms with van der Waals surface area (Å²) in [7, 11) is 3.81. The lowest BCUT2D eigenvalue weighted by atomic mass is 10.0. The number of amides is 1. The standard InChI is InChI=1S/C18H22N4OS2/c1-12-6-8-21(5)25-17-16(12)14(3)22(18-13(2)7-9-24-18)15(19-17)10-20(4)11-23/h7,9,11H,1,3,6,8,10H2,2,4-5H3. The Labute approximate surface area is 157 Å². The zero-order valence-electron chi connectivity index (χ0n) is 14.8. The Bertz CT molecular complexity index is 793. The van der Waals surface area contributed by atoms with Gasteiger partial charge in [-0.3, -0.25) is 9.69 Å². The summed E-state index contributed by atoms with van der Waals surface area (Å²) in [5.41, 5.74) is 4.14. The quantitative estimate of drug-likeness (QED) is 0.596. The van der Waals surface area contributed by atoms with Gasteiger partial charge in [-0.05, 0) is 54.9 Å². The van der Waals surface area contributed by atoms with Crippen molar-refractivity contribution in [2.75, 3.05) is 32.1 Å². The summed E-state index contributed by atoms with van der Waals surface area (Å²) in [4.78, 5) is 19.7. The van der Waals surface area contributed by atoms with E-state index in [1.165, 1.54) is 5.56 Å². The molecule has 0 saturated heterocycles. The maximum absolute atomic E-state index is 11.2. The molecule has 0 spiro atoms. The number of aryl methyl sites for hydroxylation is 1. The number of aliphatic imine (C=N–C) groups is 1. The molecule has 1 aromatic rings. The summed E-state index contributed by atoms with van der Waals surface area (Å²) in [5, 5.41) is 4.06. The fourth-order valence-corrected chi connectivity index (χ4v) is 4.80. The summed E-state index contributed by atoms with van der Waals surface area (Å²) >= 11 is 3.27. The number of rotatable bonds is 4. The first kappa shape index (κ1) is 18.0. The zero-order chi connectivity index (χ0) is 18.1. The van der Waals surface area contributed by atoms with Crippen LogP contribution in [-0.2, 0) is 4.79 Å². The van der Waals surface area contributed by atoms with Crippen LogP contribution in [0, 0.1) is 6.92 Å². The molecule has 5 nitrogen and oxygen atoms in total. The first-order valence-electron chi connectivity index (χ1n) is 8.00. The van der Waals surface area contributed by atoms with E-state index in [-0.39, 0.29) is 0 Å². The molecule has 0 aromatic carbocycles. The number of hydrogen-bond acceptors (Lipinski definition) is 6. The van der Waals surface area contributed by atoms with E-state index in [0.717, 1.165) is 52.1 Å². The highest BCUT2D eigenvalue weighted by Crippen LogP contribution is 2.43. The van der Waals surface area contributed by atoms with Crippen LogP contribution >= 0.6 is 23.3 Å². The van der Waals surface area contributed by atoms with Crippen LogP contribution in [-0.4, -0.2) is 48.6 Å². The number of thiophene rings is 1. The number of amidine groups is 1. The lowest BCUT2D eigenvalue weighted by Crippen LogP contribution is -2.40. The minimum Gasteiger partial charge on any atom is -0.341 e. The van der Waals surface area contributed by atoms with E-state index in [2.05, 4.69) is 47.8 Å². The van der Waals surface area contributed by atoms with E-state index in [4.69, 9.17) is 4.99 Å². The maximum Gasteiger partial charge on any atom is 0.209 e. The Hall–Kier alpha value is -1.83. The summed E-state index contributed by atoms with van der Waals surface area (Å²) in [6, 6.07) is 2.09. The van der Waals surface area contributed by atoms with Crippen molar-refractivity contribution in [3.8, 4) is 0 Å². The van der Waals surface area contributed by atoms with Crippen LogP contribution in [0.15, 0.2) is 51.5 Å². The van der Waals surface area contributed by atoms with Crippen molar-refractivity contribution in [1.29, 1.82) is 0 Å². The van der Waals surface area contributed by atoms with Crippen molar-refractivity contribution in [1.82, 2.24) is 9.21 Å². The third-order valence-electron chi connectivity index (χ3n) is 4.19. The smallest absolute Gasteiger partial charge is 0.209 e. The molecule has 2 aliphatic rings. The number of anilines is 1. The van der Waals surface area contributed by atoms with Crippen LogP contribution < -0.4 is 4.90 Å². The van der Waals surface area contributed by atoms with Gasteiger partial charge < -0.3 is 4.90 Å². The molecular formula is C18H22N4OS2. The largest absolute Gasteiger partial charge is 0.341 e. The van der Waals surface area contributed by atoms with Crippen molar-refractivity contribution in [3.05, 3.63) is 52.0 Å². The topological polar surface area (TPSA) is 39.1 Å². The molecule has 7 heteroatoms. The third-order valence-corrected chi connectivity index (χ3v) is 6.16. The van der Waals surface area contributed by atoms with Crippen molar-refractivity contribution in [2.45, 2.75) is 13.3 Å². The van der Waals surface area contributed by atoms with Crippen LogP contribution in [0.5, 0.6) is 0 Å². The van der Waals surface area contributed by atoms with E-state index in [9.17, 15) is 4.79 Å². The third kappa shape index (κ3) is 3.44. The molecule has 0 atom stereocenters. The lowest BCUT2D eigenvalue weighted by molar-refractivity contribution is -0.116. The molecule has 3 rings (SSSR count). The number of hydrogen-bond donors (Lipinski definition) is 0. The maximum atomic E-state index is 11.2. The summed E-state index contributed by atoms with van der Waals surface area (Å²) < 4.78 is 2.16. The van der Waals surface area contributed by atoms with E-state index < -0.39 is 0 Å². The molecule has 2 aliphatic heterocycles. The second-order valence-corrected chi connectivity index (χ2v) is 8.30. The van der Waals surface area contributed by atoms with Gasteiger partial charge in [0.1, 0.15) is 15.9 Å². The fraction of sp³-hybridized carbons (Fsp3) is 0.333. The lowest BCUT2D eigenvalue weighted by Gasteiger charge is -2.34. The zero-order valence-corrected chi connectivity index (χ0v) is 16.4. The molecule has 0 bridgehead atoms. The van der Waals surface area contributed by atoms with Gasteiger partial charge in [0.05, 0.1) is 12.2 Å². The molecule has 3 heterocycles. The van der Waals surface area contributed by atoms with Gasteiger partial charge in [0.15, 0.2) is 0 Å². The van der Waals surface area contributed by atoms with E-state index in [1.54, 1.807) is 35.2 Å². The summed E-state index contributed by atoms with van der Waals surface area (Å²) in [5.74, 6) is 0.805. The van der Waals surface area contributed by atoms with E-state index in [0.29, 0.717) is 6.54 Å². The molecule has 132 valence electrons. The Kier molecular flexibility index (Phi) is 5.17. The van der Waals surface area contributed by atoms with Gasteiger partial charge in [-0.25, -0.2) is 9.30 Å². The highest BCUT2D eigenvalue weighted by molar-refractivity contribution is 8.00. The predicted octanol–water partition coefficient (Wildman–Crippen LogP) is 3.63. The number of allylic oxidation sites excluding steroid dienone is 1. The molecule has 0 unspecified atom stereocenters. The van der Waals surface area contributed by atoms with Crippen LogP contribution in [0.4, 0.5) is 5.00 Å². The second kappa shape index (κ2) is 7.19. The molecule has 0 aliphatic carbocycles. The Morgan fingerprint density at radius 2 is 2.20 bits per heavy atom. The van der Waals surface area contributed by atoms with Crippen LogP contribution in [0.2, 0.25) is 0 Å². The van der Waals surface area contributed by atoms with Gasteiger partial charge in [0.2, 0.25) is 6.41 Å². The molecule has 0 N–H and O–H groups in total. The van der Waals surface area contributed by atoms with Gasteiger partial charge in [0.25, 0.3) is 0 Å². The van der Waals surface area contributed by atoms with Gasteiger partial charge in [-0.1, -0.05) is 13.2 Å². The molecular weight excluding hydrogens is 352 g/mol. The molecule has 0 fully saturated rings. The minimum atomic E-state index is 0.424. The Morgan fingerprint density at radius 3 is 2.84 bits per heavy atom. The molecule has 0 saturated carbocycles. The molecule has 25 heavy (non-hydrogen) atoms. The van der Waals surface area contributed by atoms with Crippen molar-refractivity contribution in [2.24, 2.45) is 4.99 Å². The van der Waals surface area contributed by atoms with Crippen molar-refractivity contribution in [3.63, 3.8) is 0 Å².